The van der Waals surface area contributed by atoms with Gasteiger partial charge >= 0.3 is 5.97 Å². The van der Waals surface area contributed by atoms with Crippen molar-refractivity contribution >= 4 is 17.7 Å². The van der Waals surface area contributed by atoms with E-state index in [1.807, 2.05) is 11.8 Å². The predicted molar refractivity (Wildman–Crippen MR) is 101 cm³/mol. The molecule has 0 spiro atoms. The molecular formula is C20H32O3S. The number of hydrogen-bond donors (Lipinski definition) is 1. The van der Waals surface area contributed by atoms with E-state index in [-0.39, 0.29) is 6.42 Å². The number of thioether (sulfide) groups is 1. The number of carboxylic acids is 1. The first-order valence-corrected chi connectivity index (χ1v) is 10.6. The first-order chi connectivity index (χ1) is 11.7. The van der Waals surface area contributed by atoms with Crippen molar-refractivity contribution in [2.45, 2.75) is 70.5 Å². The Morgan fingerprint density at radius 2 is 1.88 bits per heavy atom. The lowest BCUT2D eigenvalue weighted by Crippen LogP contribution is -2.28. The molecule has 0 aliphatic carbocycles. The van der Waals surface area contributed by atoms with Crippen molar-refractivity contribution in [3.8, 4) is 0 Å². The largest absolute Gasteiger partial charge is 0.481 e. The highest BCUT2D eigenvalue weighted by Gasteiger charge is 2.47. The molecule has 0 aromatic heterocycles. The Balaban J connectivity index is 1.69. The Hall–Kier alpha value is -0.740. The second kappa shape index (κ2) is 11.0. The van der Waals surface area contributed by atoms with Gasteiger partial charge in [-0.15, -0.1) is 0 Å². The zero-order valence-electron chi connectivity index (χ0n) is 14.9. The minimum absolute atomic E-state index is 0.270. The van der Waals surface area contributed by atoms with Crippen LogP contribution in [0.15, 0.2) is 24.3 Å². The van der Waals surface area contributed by atoms with Crippen LogP contribution in [0, 0.1) is 11.8 Å². The summed E-state index contributed by atoms with van der Waals surface area (Å²) in [5, 5.41) is 8.65. The molecule has 1 N–H and O–H groups in total. The van der Waals surface area contributed by atoms with Crippen LogP contribution in [0.1, 0.15) is 58.3 Å². The summed E-state index contributed by atoms with van der Waals surface area (Å²) in [6, 6.07) is 0. The van der Waals surface area contributed by atoms with Gasteiger partial charge in [-0.2, -0.15) is 11.8 Å². The van der Waals surface area contributed by atoms with Gasteiger partial charge in [-0.05, 0) is 56.1 Å². The minimum atomic E-state index is -0.699. The monoisotopic (exact) mass is 352 g/mol. The third-order valence-corrected chi connectivity index (χ3v) is 6.12. The third kappa shape index (κ3) is 6.29. The van der Waals surface area contributed by atoms with Crippen LogP contribution in [-0.2, 0) is 9.53 Å². The van der Waals surface area contributed by atoms with Crippen LogP contribution in [0.5, 0.6) is 0 Å². The Bertz CT molecular complexity index is 433. The van der Waals surface area contributed by atoms with E-state index in [1.54, 1.807) is 0 Å². The molecule has 4 unspecified atom stereocenters. The van der Waals surface area contributed by atoms with E-state index in [1.165, 1.54) is 31.4 Å². The normalized spacial score (nSPS) is 29.2. The maximum absolute atomic E-state index is 10.5. The van der Waals surface area contributed by atoms with Crippen LogP contribution in [-0.4, -0.2) is 34.8 Å². The number of carbonyl (C=O) groups is 1. The number of fused-ring (bicyclic) bond motifs is 2. The number of unbranched alkanes of at least 4 members (excludes halogenated alkanes) is 2. The highest BCUT2D eigenvalue weighted by atomic mass is 32.2. The molecule has 0 saturated carbocycles. The van der Waals surface area contributed by atoms with E-state index >= 15 is 0 Å². The molecule has 2 aliphatic rings. The Morgan fingerprint density at radius 3 is 2.62 bits per heavy atom. The van der Waals surface area contributed by atoms with Gasteiger partial charge in [0.15, 0.2) is 0 Å². The molecule has 24 heavy (non-hydrogen) atoms. The maximum atomic E-state index is 10.5. The Labute approximate surface area is 150 Å². The van der Waals surface area contributed by atoms with Crippen molar-refractivity contribution in [1.29, 1.82) is 0 Å². The smallest absolute Gasteiger partial charge is 0.303 e. The van der Waals surface area contributed by atoms with E-state index in [9.17, 15) is 4.79 Å². The van der Waals surface area contributed by atoms with Gasteiger partial charge < -0.3 is 9.84 Å². The lowest BCUT2D eigenvalue weighted by molar-refractivity contribution is -0.137. The highest BCUT2D eigenvalue weighted by Crippen LogP contribution is 2.46. The van der Waals surface area contributed by atoms with Crippen molar-refractivity contribution in [3.05, 3.63) is 24.3 Å². The summed E-state index contributed by atoms with van der Waals surface area (Å²) in [5.41, 5.74) is 0. The Kier molecular flexibility index (Phi) is 8.97. The topological polar surface area (TPSA) is 46.5 Å². The summed E-state index contributed by atoms with van der Waals surface area (Å²) in [6.07, 6.45) is 17.8. The van der Waals surface area contributed by atoms with E-state index < -0.39 is 5.97 Å². The van der Waals surface area contributed by atoms with Gasteiger partial charge in [-0.25, -0.2) is 0 Å². The van der Waals surface area contributed by atoms with E-state index in [0.29, 0.717) is 24.0 Å². The molecule has 4 heteroatoms. The fourth-order valence-electron chi connectivity index (χ4n) is 3.80. The van der Waals surface area contributed by atoms with Crippen molar-refractivity contribution in [3.63, 3.8) is 0 Å². The minimum Gasteiger partial charge on any atom is -0.481 e. The molecule has 2 heterocycles. The third-order valence-electron chi connectivity index (χ3n) is 5.07. The number of aliphatic carboxylic acids is 1. The van der Waals surface area contributed by atoms with Crippen LogP contribution in [0.2, 0.25) is 0 Å². The highest BCUT2D eigenvalue weighted by molar-refractivity contribution is 7.99. The molecule has 0 amide bonds. The lowest BCUT2D eigenvalue weighted by atomic mass is 9.78. The molecule has 0 aromatic carbocycles. The molecule has 136 valence electrons. The average molecular weight is 353 g/mol. The van der Waals surface area contributed by atoms with E-state index in [2.05, 4.69) is 31.2 Å². The fourth-order valence-corrected chi connectivity index (χ4v) is 4.94. The van der Waals surface area contributed by atoms with Gasteiger partial charge in [-0.1, -0.05) is 37.6 Å². The predicted octanol–water partition coefficient (Wildman–Crippen LogP) is 5.07. The van der Waals surface area contributed by atoms with Gasteiger partial charge in [0, 0.05) is 12.2 Å². The van der Waals surface area contributed by atoms with Crippen molar-refractivity contribution in [2.24, 2.45) is 11.8 Å². The summed E-state index contributed by atoms with van der Waals surface area (Å²) >= 11 is 2.04. The Morgan fingerprint density at radius 1 is 1.12 bits per heavy atom. The van der Waals surface area contributed by atoms with Crippen LogP contribution >= 0.6 is 11.8 Å². The summed E-state index contributed by atoms with van der Waals surface area (Å²) in [5.74, 6) is 2.97. The molecule has 3 nitrogen and oxygen atoms in total. The molecule has 0 radical (unpaired) electrons. The van der Waals surface area contributed by atoms with Gasteiger partial charge in [0.05, 0.1) is 12.2 Å². The zero-order chi connectivity index (χ0) is 17.2. The standard InChI is InChI=1S/C20H32O3S/c1-2-3-4-9-14-24-15-17-16(18-12-13-19(17)23-18)10-7-5-6-8-11-20(21)22/h4-5,7,9,16-19H,2-3,6,8,10-15H2,1H3,(H,21,22)/b7-5-,9-4+. The number of rotatable bonds is 12. The molecule has 2 rings (SSSR count). The van der Waals surface area contributed by atoms with Crippen LogP contribution in [0.4, 0.5) is 0 Å². The van der Waals surface area contributed by atoms with Gasteiger partial charge in [0.2, 0.25) is 0 Å². The van der Waals surface area contributed by atoms with Crippen LogP contribution in [0.3, 0.4) is 0 Å². The fraction of sp³-hybridized carbons (Fsp3) is 0.750. The van der Waals surface area contributed by atoms with Crippen molar-refractivity contribution in [1.82, 2.24) is 0 Å². The van der Waals surface area contributed by atoms with Gasteiger partial charge in [0.1, 0.15) is 0 Å². The zero-order valence-corrected chi connectivity index (χ0v) is 15.7. The number of carboxylic acid groups (broad SMARTS) is 1. The molecule has 4 atom stereocenters. The molecule has 0 aromatic rings. The summed E-state index contributed by atoms with van der Waals surface area (Å²) in [4.78, 5) is 10.5. The number of hydrogen-bond acceptors (Lipinski definition) is 3. The molecular weight excluding hydrogens is 320 g/mol. The first-order valence-electron chi connectivity index (χ1n) is 9.47. The molecule has 2 saturated heterocycles. The number of allylic oxidation sites excluding steroid dienone is 3. The first kappa shape index (κ1) is 19.6. The van der Waals surface area contributed by atoms with Gasteiger partial charge in [-0.3, -0.25) is 4.79 Å². The molecule has 2 fully saturated rings. The maximum Gasteiger partial charge on any atom is 0.303 e. The second-order valence-electron chi connectivity index (χ2n) is 6.91. The number of ether oxygens (including phenoxy) is 1. The molecule has 2 bridgehead atoms. The SMILES string of the molecule is CCC/C=C/CSCC1C2CCC(O2)C1C/C=C\CCCC(=O)O. The van der Waals surface area contributed by atoms with Crippen LogP contribution < -0.4 is 0 Å². The second-order valence-corrected chi connectivity index (χ2v) is 7.98. The van der Waals surface area contributed by atoms with E-state index in [4.69, 9.17) is 9.84 Å². The summed E-state index contributed by atoms with van der Waals surface area (Å²) in [6.45, 7) is 2.21. The molecule has 2 aliphatic heterocycles. The average Bonchev–Trinajstić information content (AvgIpc) is 3.15. The van der Waals surface area contributed by atoms with Crippen molar-refractivity contribution in [2.75, 3.05) is 11.5 Å². The quantitative estimate of drug-likeness (QED) is 0.393. The van der Waals surface area contributed by atoms with Crippen molar-refractivity contribution < 1.29 is 14.6 Å². The lowest BCUT2D eigenvalue weighted by Gasteiger charge is -2.26. The van der Waals surface area contributed by atoms with Gasteiger partial charge in [0.25, 0.3) is 0 Å². The summed E-state index contributed by atoms with van der Waals surface area (Å²) < 4.78 is 6.16. The van der Waals surface area contributed by atoms with E-state index in [0.717, 1.165) is 25.0 Å². The van der Waals surface area contributed by atoms with Crippen LogP contribution in [0.25, 0.3) is 0 Å². The summed E-state index contributed by atoms with van der Waals surface area (Å²) in [7, 11) is 0.